The van der Waals surface area contributed by atoms with Gasteiger partial charge in [-0.25, -0.2) is 4.99 Å². The minimum Gasteiger partial charge on any atom is -0.356 e. The highest BCUT2D eigenvalue weighted by Gasteiger charge is 2.15. The minimum absolute atomic E-state index is 0.0129. The second-order valence-electron chi connectivity index (χ2n) is 5.51. The maximum absolute atomic E-state index is 12.2. The summed E-state index contributed by atoms with van der Waals surface area (Å²) < 4.78 is 0. The van der Waals surface area contributed by atoms with E-state index in [0.29, 0.717) is 25.6 Å². The van der Waals surface area contributed by atoms with Crippen LogP contribution < -0.4 is 10.6 Å². The summed E-state index contributed by atoms with van der Waals surface area (Å²) in [7, 11) is 1.79. The van der Waals surface area contributed by atoms with Crippen LogP contribution in [0.1, 0.15) is 20.8 Å². The first-order valence-corrected chi connectivity index (χ1v) is 8.63. The van der Waals surface area contributed by atoms with Gasteiger partial charge in [0.1, 0.15) is 6.54 Å². The van der Waals surface area contributed by atoms with E-state index in [1.807, 2.05) is 51.1 Å². The molecule has 0 atom stereocenters. The number of para-hydroxylation sites is 1. The molecule has 0 radical (unpaired) electrons. The number of carbonyl (C=O) groups excluding carboxylic acids is 2. The van der Waals surface area contributed by atoms with Crippen molar-refractivity contribution in [3.8, 4) is 0 Å². The van der Waals surface area contributed by atoms with Gasteiger partial charge >= 0.3 is 0 Å². The van der Waals surface area contributed by atoms with Crippen molar-refractivity contribution in [2.24, 2.45) is 4.99 Å². The van der Waals surface area contributed by atoms with Gasteiger partial charge in [0.05, 0.1) is 6.54 Å². The van der Waals surface area contributed by atoms with Crippen molar-refractivity contribution in [3.05, 3.63) is 30.3 Å². The fourth-order valence-corrected chi connectivity index (χ4v) is 2.29. The number of benzene rings is 1. The van der Waals surface area contributed by atoms with Crippen molar-refractivity contribution in [1.82, 2.24) is 15.1 Å². The van der Waals surface area contributed by atoms with Gasteiger partial charge in [-0.1, -0.05) is 18.2 Å². The van der Waals surface area contributed by atoms with E-state index >= 15 is 0 Å². The van der Waals surface area contributed by atoms with Crippen LogP contribution in [0.5, 0.6) is 0 Å². The lowest BCUT2D eigenvalue weighted by Gasteiger charge is -2.25. The van der Waals surface area contributed by atoms with Crippen LogP contribution in [0.3, 0.4) is 0 Å². The predicted octanol–water partition coefficient (Wildman–Crippen LogP) is 1.39. The number of hydrogen-bond acceptors (Lipinski definition) is 3. The number of nitrogens with one attached hydrogen (secondary N) is 2. The molecule has 0 aliphatic carbocycles. The van der Waals surface area contributed by atoms with Crippen molar-refractivity contribution in [2.45, 2.75) is 20.8 Å². The number of nitrogens with zero attached hydrogens (tertiary/aromatic N) is 3. The first-order valence-electron chi connectivity index (χ1n) is 8.63. The highest BCUT2D eigenvalue weighted by molar-refractivity contribution is 5.94. The summed E-state index contributed by atoms with van der Waals surface area (Å²) in [5.41, 5.74) is 0.734. The zero-order valence-electron chi connectivity index (χ0n) is 15.6. The molecule has 138 valence electrons. The van der Waals surface area contributed by atoms with Gasteiger partial charge in [0.25, 0.3) is 0 Å². The van der Waals surface area contributed by atoms with Gasteiger partial charge in [0, 0.05) is 32.4 Å². The fraction of sp³-hybridized carbons (Fsp3) is 0.500. The number of carbonyl (C=O) groups is 2. The summed E-state index contributed by atoms with van der Waals surface area (Å²) in [5, 5.41) is 5.90. The van der Waals surface area contributed by atoms with Crippen molar-refractivity contribution >= 4 is 23.5 Å². The molecule has 2 amide bonds. The summed E-state index contributed by atoms with van der Waals surface area (Å²) in [6.45, 7) is 8.06. The van der Waals surface area contributed by atoms with Gasteiger partial charge in [-0.2, -0.15) is 0 Å². The van der Waals surface area contributed by atoms with Crippen molar-refractivity contribution < 1.29 is 9.59 Å². The second kappa shape index (κ2) is 11.1. The van der Waals surface area contributed by atoms with Gasteiger partial charge in [-0.15, -0.1) is 0 Å². The Morgan fingerprint density at radius 3 is 2.28 bits per heavy atom. The van der Waals surface area contributed by atoms with Gasteiger partial charge in [-0.05, 0) is 32.9 Å². The van der Waals surface area contributed by atoms with Crippen LogP contribution in [0, 0.1) is 0 Å². The van der Waals surface area contributed by atoms with E-state index in [4.69, 9.17) is 0 Å². The Kier molecular flexibility index (Phi) is 9.06. The Labute approximate surface area is 150 Å². The van der Waals surface area contributed by atoms with Crippen LogP contribution in [0.2, 0.25) is 0 Å². The molecule has 0 fully saturated rings. The first kappa shape index (κ1) is 20.5. The number of anilines is 1. The first-order chi connectivity index (χ1) is 12.0. The third-order valence-electron chi connectivity index (χ3n) is 3.62. The molecule has 0 aliphatic heterocycles. The van der Waals surface area contributed by atoms with Gasteiger partial charge < -0.3 is 20.4 Å². The smallest absolute Gasteiger partial charge is 0.246 e. The van der Waals surface area contributed by atoms with Crippen molar-refractivity contribution in [3.63, 3.8) is 0 Å². The van der Waals surface area contributed by atoms with E-state index < -0.39 is 0 Å². The molecule has 1 rings (SSSR count). The lowest BCUT2D eigenvalue weighted by molar-refractivity contribution is -0.131. The van der Waals surface area contributed by atoms with Crippen molar-refractivity contribution in [1.29, 1.82) is 0 Å². The summed E-state index contributed by atoms with van der Waals surface area (Å²) in [6, 6.07) is 9.24. The van der Waals surface area contributed by atoms with E-state index in [-0.39, 0.29) is 24.9 Å². The minimum atomic E-state index is -0.204. The predicted molar refractivity (Wildman–Crippen MR) is 102 cm³/mol. The Hall–Kier alpha value is -2.57. The highest BCUT2D eigenvalue weighted by Crippen LogP contribution is 2.04. The molecule has 1 aromatic carbocycles. The van der Waals surface area contributed by atoms with Crippen LogP contribution in [-0.2, 0) is 9.59 Å². The molecule has 0 spiro atoms. The maximum Gasteiger partial charge on any atom is 0.246 e. The molecule has 7 nitrogen and oxygen atoms in total. The molecular formula is C18H29N5O2. The number of likely N-dealkylation sites (N-methyl/N-ethyl adjacent to an activating group) is 2. The molecule has 0 saturated carbocycles. The Morgan fingerprint density at radius 2 is 1.72 bits per heavy atom. The van der Waals surface area contributed by atoms with E-state index in [2.05, 4.69) is 15.6 Å². The van der Waals surface area contributed by atoms with Crippen LogP contribution in [0.25, 0.3) is 0 Å². The van der Waals surface area contributed by atoms with Crippen LogP contribution in [-0.4, -0.2) is 67.3 Å². The topological polar surface area (TPSA) is 77.0 Å². The van der Waals surface area contributed by atoms with Gasteiger partial charge in [-0.3, -0.25) is 9.59 Å². The largest absolute Gasteiger partial charge is 0.356 e. The van der Waals surface area contributed by atoms with Crippen molar-refractivity contribution in [2.75, 3.05) is 45.1 Å². The van der Waals surface area contributed by atoms with Crippen LogP contribution in [0.15, 0.2) is 35.3 Å². The Balaban J connectivity index is 2.65. The lowest BCUT2D eigenvalue weighted by atomic mass is 10.3. The Bertz CT molecular complexity index is 570. The molecule has 0 unspecified atom stereocenters. The van der Waals surface area contributed by atoms with E-state index in [1.165, 1.54) is 0 Å². The van der Waals surface area contributed by atoms with Gasteiger partial charge in [0.15, 0.2) is 5.96 Å². The molecule has 0 saturated heterocycles. The second-order valence-corrected chi connectivity index (χ2v) is 5.51. The highest BCUT2D eigenvalue weighted by atomic mass is 16.2. The summed E-state index contributed by atoms with van der Waals surface area (Å²) in [6.07, 6.45) is 0. The lowest BCUT2D eigenvalue weighted by Crippen LogP contribution is -2.46. The summed E-state index contributed by atoms with van der Waals surface area (Å²) in [5.74, 6) is 0.364. The average molecular weight is 347 g/mol. The van der Waals surface area contributed by atoms with E-state index in [1.54, 1.807) is 16.8 Å². The number of guanidine groups is 1. The Morgan fingerprint density at radius 1 is 1.08 bits per heavy atom. The number of amides is 2. The van der Waals surface area contributed by atoms with Crippen LogP contribution in [0.4, 0.5) is 5.69 Å². The normalized spacial score (nSPS) is 11.0. The quantitative estimate of drug-likeness (QED) is 0.550. The zero-order valence-corrected chi connectivity index (χ0v) is 15.6. The molecule has 1 aromatic rings. The van der Waals surface area contributed by atoms with Crippen LogP contribution >= 0.6 is 0 Å². The SMILES string of the molecule is CCNC(=NCC(=O)Nc1ccccc1)N(C)CC(=O)N(CC)CC. The van der Waals surface area contributed by atoms with Gasteiger partial charge in [0.2, 0.25) is 11.8 Å². The fourth-order valence-electron chi connectivity index (χ4n) is 2.29. The van der Waals surface area contributed by atoms with E-state index in [9.17, 15) is 9.59 Å². The molecule has 0 heterocycles. The molecule has 7 heteroatoms. The summed E-state index contributed by atoms with van der Waals surface area (Å²) in [4.78, 5) is 32.1. The summed E-state index contributed by atoms with van der Waals surface area (Å²) >= 11 is 0. The molecule has 0 bridgehead atoms. The average Bonchev–Trinajstić information content (AvgIpc) is 2.60. The molecule has 25 heavy (non-hydrogen) atoms. The number of aliphatic imine (C=N–C) groups is 1. The third-order valence-corrected chi connectivity index (χ3v) is 3.62. The zero-order chi connectivity index (χ0) is 18.7. The number of rotatable bonds is 8. The maximum atomic E-state index is 12.2. The molecule has 0 aliphatic rings. The standard InChI is InChI=1S/C18H29N5O2/c1-5-19-18(22(4)14-17(25)23(6-2)7-3)20-13-16(24)21-15-11-9-8-10-12-15/h8-12H,5-7,13-14H2,1-4H3,(H,19,20)(H,21,24). The monoisotopic (exact) mass is 347 g/mol. The van der Waals surface area contributed by atoms with E-state index in [0.717, 1.165) is 5.69 Å². The number of hydrogen-bond donors (Lipinski definition) is 2. The third kappa shape index (κ3) is 7.24. The molecule has 2 N–H and O–H groups in total. The molecular weight excluding hydrogens is 318 g/mol. The molecule has 0 aromatic heterocycles.